The summed E-state index contributed by atoms with van der Waals surface area (Å²) in [7, 11) is 0. The van der Waals surface area contributed by atoms with Gasteiger partial charge in [0.2, 0.25) is 0 Å². The number of ketones is 1. The highest BCUT2D eigenvalue weighted by atomic mass is 16.1. The van der Waals surface area contributed by atoms with Crippen molar-refractivity contribution in [3.63, 3.8) is 0 Å². The normalized spacial score (nSPS) is 15.2. The molecule has 0 saturated heterocycles. The number of carbonyl (C=O) groups is 1. The molecule has 0 atom stereocenters. The minimum atomic E-state index is -0.00296. The fraction of sp³-hybridized carbons (Fsp3) is 0.0769. The van der Waals surface area contributed by atoms with Crippen LogP contribution >= 0.6 is 0 Å². The number of hydrogen-bond acceptors (Lipinski definition) is 2. The summed E-state index contributed by atoms with van der Waals surface area (Å²) >= 11 is 0. The maximum absolute atomic E-state index is 11.6. The van der Waals surface area contributed by atoms with Gasteiger partial charge in [0.1, 0.15) is 0 Å². The molecule has 2 rings (SSSR count). The molecule has 0 N–H and O–H groups in total. The van der Waals surface area contributed by atoms with Crippen LogP contribution in [0.1, 0.15) is 10.4 Å². The van der Waals surface area contributed by atoms with E-state index in [9.17, 15) is 4.79 Å². The number of aromatic nitrogens is 1. The Morgan fingerprint density at radius 3 is 2.80 bits per heavy atom. The second-order valence-electron chi connectivity index (χ2n) is 3.31. The van der Waals surface area contributed by atoms with Crippen molar-refractivity contribution >= 4 is 5.78 Å². The Morgan fingerprint density at radius 2 is 2.13 bits per heavy atom. The molecule has 1 heterocycles. The summed E-state index contributed by atoms with van der Waals surface area (Å²) < 4.78 is 0. The van der Waals surface area contributed by atoms with Gasteiger partial charge in [0.05, 0.1) is 0 Å². The minimum absolute atomic E-state index is 0.00296. The first-order valence-corrected chi connectivity index (χ1v) is 4.84. The molecule has 0 fully saturated rings. The first kappa shape index (κ1) is 9.59. The van der Waals surface area contributed by atoms with Crippen LogP contribution in [0.5, 0.6) is 0 Å². The summed E-state index contributed by atoms with van der Waals surface area (Å²) in [5.74, 6) is 0.252. The van der Waals surface area contributed by atoms with Crippen molar-refractivity contribution in [3.05, 3.63) is 66.5 Å². The molecule has 0 radical (unpaired) electrons. The van der Waals surface area contributed by atoms with E-state index in [1.165, 1.54) is 0 Å². The standard InChI is InChI=1S/C13H11NO/c15-13(12-6-3-9-14-10-12)8-7-11-4-1-2-5-11/h1-11H/b8-7+. The van der Waals surface area contributed by atoms with E-state index in [-0.39, 0.29) is 11.7 Å². The molecule has 1 aromatic rings. The molecule has 1 aliphatic carbocycles. The summed E-state index contributed by atoms with van der Waals surface area (Å²) in [5.41, 5.74) is 0.625. The monoisotopic (exact) mass is 197 g/mol. The lowest BCUT2D eigenvalue weighted by molar-refractivity contribution is 0.104. The van der Waals surface area contributed by atoms with Gasteiger partial charge in [-0.2, -0.15) is 0 Å². The molecule has 0 aromatic carbocycles. The molecule has 0 aliphatic heterocycles. The van der Waals surface area contributed by atoms with Crippen molar-refractivity contribution in [2.24, 2.45) is 5.92 Å². The average Bonchev–Trinajstić information content (AvgIpc) is 2.80. The van der Waals surface area contributed by atoms with E-state index in [0.29, 0.717) is 5.56 Å². The fourth-order valence-electron chi connectivity index (χ4n) is 1.38. The maximum atomic E-state index is 11.6. The largest absolute Gasteiger partial charge is 0.289 e. The lowest BCUT2D eigenvalue weighted by Crippen LogP contribution is -1.95. The summed E-state index contributed by atoms with van der Waals surface area (Å²) in [6.45, 7) is 0. The van der Waals surface area contributed by atoms with Crippen LogP contribution in [0.15, 0.2) is 61.0 Å². The van der Waals surface area contributed by atoms with Gasteiger partial charge >= 0.3 is 0 Å². The molecule has 2 nitrogen and oxygen atoms in total. The first-order chi connectivity index (χ1) is 7.36. The molecule has 0 saturated carbocycles. The van der Waals surface area contributed by atoms with Crippen molar-refractivity contribution in [1.29, 1.82) is 0 Å². The van der Waals surface area contributed by atoms with E-state index >= 15 is 0 Å². The van der Waals surface area contributed by atoms with E-state index in [0.717, 1.165) is 0 Å². The summed E-state index contributed by atoms with van der Waals surface area (Å²) in [5, 5.41) is 0. The molecule has 0 amide bonds. The molecule has 15 heavy (non-hydrogen) atoms. The van der Waals surface area contributed by atoms with Crippen LogP contribution in [0.3, 0.4) is 0 Å². The van der Waals surface area contributed by atoms with Crippen LogP contribution < -0.4 is 0 Å². The van der Waals surface area contributed by atoms with Gasteiger partial charge in [0, 0.05) is 23.9 Å². The molecular formula is C13H11NO. The average molecular weight is 197 g/mol. The molecule has 1 aliphatic rings. The van der Waals surface area contributed by atoms with Gasteiger partial charge in [-0.1, -0.05) is 30.4 Å². The SMILES string of the molecule is O=C(/C=C/C1C=CC=C1)c1cccnc1. The molecule has 0 spiro atoms. The summed E-state index contributed by atoms with van der Waals surface area (Å²) in [4.78, 5) is 15.5. The van der Waals surface area contributed by atoms with Gasteiger partial charge in [0.25, 0.3) is 0 Å². The van der Waals surface area contributed by atoms with Crippen molar-refractivity contribution in [2.45, 2.75) is 0 Å². The summed E-state index contributed by atoms with van der Waals surface area (Å²) in [6.07, 6.45) is 14.7. The number of carbonyl (C=O) groups excluding carboxylic acids is 1. The van der Waals surface area contributed by atoms with Gasteiger partial charge in [-0.15, -0.1) is 0 Å². The van der Waals surface area contributed by atoms with Crippen LogP contribution in [0.4, 0.5) is 0 Å². The van der Waals surface area contributed by atoms with Gasteiger partial charge in [-0.3, -0.25) is 9.78 Å². The lowest BCUT2D eigenvalue weighted by Gasteiger charge is -1.96. The highest BCUT2D eigenvalue weighted by Gasteiger charge is 2.02. The van der Waals surface area contributed by atoms with Crippen LogP contribution in [0, 0.1) is 5.92 Å². The Bertz CT molecular complexity index is 417. The van der Waals surface area contributed by atoms with Gasteiger partial charge in [0.15, 0.2) is 5.78 Å². The summed E-state index contributed by atoms with van der Waals surface area (Å²) in [6, 6.07) is 3.52. The number of rotatable bonds is 3. The van der Waals surface area contributed by atoms with Crippen molar-refractivity contribution in [2.75, 3.05) is 0 Å². The number of allylic oxidation sites excluding steroid dienone is 6. The Morgan fingerprint density at radius 1 is 1.33 bits per heavy atom. The van der Waals surface area contributed by atoms with E-state index < -0.39 is 0 Å². The van der Waals surface area contributed by atoms with Crippen molar-refractivity contribution in [1.82, 2.24) is 4.98 Å². The van der Waals surface area contributed by atoms with Gasteiger partial charge in [-0.25, -0.2) is 0 Å². The minimum Gasteiger partial charge on any atom is -0.289 e. The predicted octanol–water partition coefficient (Wildman–Crippen LogP) is 2.56. The molecule has 74 valence electrons. The van der Waals surface area contributed by atoms with E-state index in [1.807, 2.05) is 30.4 Å². The highest BCUT2D eigenvalue weighted by molar-refractivity contribution is 6.04. The zero-order chi connectivity index (χ0) is 10.5. The van der Waals surface area contributed by atoms with E-state index in [4.69, 9.17) is 0 Å². The molecule has 0 bridgehead atoms. The Balaban J connectivity index is 2.04. The molecular weight excluding hydrogens is 186 g/mol. The topological polar surface area (TPSA) is 30.0 Å². The van der Waals surface area contributed by atoms with Crippen LogP contribution in [0.25, 0.3) is 0 Å². The third-order valence-corrected chi connectivity index (χ3v) is 2.19. The van der Waals surface area contributed by atoms with Crippen LogP contribution in [-0.4, -0.2) is 10.8 Å². The fourth-order valence-corrected chi connectivity index (χ4v) is 1.38. The second-order valence-corrected chi connectivity index (χ2v) is 3.31. The molecule has 2 heteroatoms. The zero-order valence-electron chi connectivity index (χ0n) is 8.21. The van der Waals surface area contributed by atoms with Crippen LogP contribution in [0.2, 0.25) is 0 Å². The molecule has 0 unspecified atom stereocenters. The Kier molecular flexibility index (Phi) is 2.88. The first-order valence-electron chi connectivity index (χ1n) is 4.84. The third kappa shape index (κ3) is 2.50. The second kappa shape index (κ2) is 4.51. The van der Waals surface area contributed by atoms with Crippen molar-refractivity contribution in [3.8, 4) is 0 Å². The maximum Gasteiger partial charge on any atom is 0.187 e. The highest BCUT2D eigenvalue weighted by Crippen LogP contribution is 2.10. The molecule has 1 aromatic heterocycles. The number of pyridine rings is 1. The quantitative estimate of drug-likeness (QED) is 0.550. The third-order valence-electron chi connectivity index (χ3n) is 2.19. The zero-order valence-corrected chi connectivity index (χ0v) is 8.21. The van der Waals surface area contributed by atoms with Crippen molar-refractivity contribution < 1.29 is 4.79 Å². The van der Waals surface area contributed by atoms with Crippen LogP contribution in [-0.2, 0) is 0 Å². The Labute approximate surface area is 88.7 Å². The van der Waals surface area contributed by atoms with E-state index in [1.54, 1.807) is 30.6 Å². The van der Waals surface area contributed by atoms with Gasteiger partial charge < -0.3 is 0 Å². The Hall–Kier alpha value is -1.96. The number of nitrogens with zero attached hydrogens (tertiary/aromatic N) is 1. The smallest absolute Gasteiger partial charge is 0.187 e. The number of hydrogen-bond donors (Lipinski definition) is 0. The predicted molar refractivity (Wildman–Crippen MR) is 59.5 cm³/mol. The van der Waals surface area contributed by atoms with E-state index in [2.05, 4.69) is 4.98 Å². The lowest BCUT2D eigenvalue weighted by atomic mass is 10.1. The van der Waals surface area contributed by atoms with Gasteiger partial charge in [-0.05, 0) is 18.2 Å².